The molecule has 0 atom stereocenters. The second kappa shape index (κ2) is 7.78. The van der Waals surface area contributed by atoms with E-state index >= 15 is 0 Å². The van der Waals surface area contributed by atoms with Gasteiger partial charge in [-0.2, -0.15) is 0 Å². The van der Waals surface area contributed by atoms with Crippen molar-refractivity contribution in [3.8, 4) is 5.75 Å². The number of rotatable bonds is 6. The zero-order valence-corrected chi connectivity index (χ0v) is 19.1. The van der Waals surface area contributed by atoms with Crippen LogP contribution in [0.4, 0.5) is 0 Å². The van der Waals surface area contributed by atoms with Crippen LogP contribution < -0.4 is 0 Å². The summed E-state index contributed by atoms with van der Waals surface area (Å²) in [4.78, 5) is 4.93. The number of phenolic OH excluding ortho intramolecular Hbond substituents is 1. The Labute approximate surface area is 188 Å². The fraction of sp³-hybridized carbons (Fsp3) is 0.269. The van der Waals surface area contributed by atoms with Crippen LogP contribution in [0.3, 0.4) is 0 Å². The average molecular weight is 447 g/mol. The normalized spacial score (nSPS) is 14.2. The summed E-state index contributed by atoms with van der Waals surface area (Å²) in [7, 11) is -3.57. The van der Waals surface area contributed by atoms with Crippen molar-refractivity contribution >= 4 is 21.1 Å². The lowest BCUT2D eigenvalue weighted by Gasteiger charge is -2.11. The molecule has 1 saturated carbocycles. The van der Waals surface area contributed by atoms with Gasteiger partial charge in [0.15, 0.2) is 0 Å². The summed E-state index contributed by atoms with van der Waals surface area (Å²) in [5, 5.41) is 9.84. The van der Waals surface area contributed by atoms with Gasteiger partial charge >= 0.3 is 0 Å². The molecule has 164 valence electrons. The van der Waals surface area contributed by atoms with Gasteiger partial charge in [0, 0.05) is 23.9 Å². The summed E-state index contributed by atoms with van der Waals surface area (Å²) in [5.41, 5.74) is 7.31. The van der Waals surface area contributed by atoms with Gasteiger partial charge in [-0.15, -0.1) is 0 Å². The fourth-order valence-electron chi connectivity index (χ4n) is 4.45. The molecule has 5 nitrogen and oxygen atoms in total. The lowest BCUT2D eigenvalue weighted by Crippen LogP contribution is -2.14. The van der Waals surface area contributed by atoms with Gasteiger partial charge in [0.1, 0.15) is 5.75 Å². The predicted octanol–water partition coefficient (Wildman–Crippen LogP) is 5.21. The SMILES string of the molecule is Cc1cc(O)cc(C)c1Cc1ccc2c(n1)c(C1CC1)cn2S(=O)(=O)Cc1ccccc1. The summed E-state index contributed by atoms with van der Waals surface area (Å²) in [6.45, 7) is 3.98. The van der Waals surface area contributed by atoms with Gasteiger partial charge < -0.3 is 5.11 Å². The molecule has 2 heterocycles. The molecular weight excluding hydrogens is 420 g/mol. The number of aryl methyl sites for hydroxylation is 2. The van der Waals surface area contributed by atoms with Gasteiger partial charge in [0.05, 0.1) is 16.8 Å². The van der Waals surface area contributed by atoms with E-state index in [4.69, 9.17) is 4.98 Å². The Morgan fingerprint density at radius 1 is 1.03 bits per heavy atom. The zero-order valence-electron chi connectivity index (χ0n) is 18.2. The molecule has 0 unspecified atom stereocenters. The molecule has 6 heteroatoms. The van der Waals surface area contributed by atoms with Gasteiger partial charge in [0.25, 0.3) is 0 Å². The van der Waals surface area contributed by atoms with E-state index in [1.54, 1.807) is 18.3 Å². The van der Waals surface area contributed by atoms with Crippen LogP contribution in [0.2, 0.25) is 0 Å². The van der Waals surface area contributed by atoms with Crippen molar-refractivity contribution < 1.29 is 13.5 Å². The van der Waals surface area contributed by atoms with Crippen LogP contribution in [0.15, 0.2) is 60.8 Å². The van der Waals surface area contributed by atoms with E-state index < -0.39 is 10.0 Å². The number of pyridine rings is 1. The molecule has 32 heavy (non-hydrogen) atoms. The summed E-state index contributed by atoms with van der Waals surface area (Å²) in [6, 6.07) is 16.6. The van der Waals surface area contributed by atoms with E-state index in [9.17, 15) is 13.5 Å². The molecule has 0 radical (unpaired) electrons. The molecule has 5 rings (SSSR count). The van der Waals surface area contributed by atoms with E-state index in [0.717, 1.165) is 51.9 Å². The van der Waals surface area contributed by atoms with Gasteiger partial charge in [-0.3, -0.25) is 4.98 Å². The molecule has 1 N–H and O–H groups in total. The Hall–Kier alpha value is -3.12. The Morgan fingerprint density at radius 2 is 1.72 bits per heavy atom. The first-order valence-electron chi connectivity index (χ1n) is 10.9. The lowest BCUT2D eigenvalue weighted by molar-refractivity contribution is 0.474. The highest BCUT2D eigenvalue weighted by Gasteiger charge is 2.30. The highest BCUT2D eigenvalue weighted by molar-refractivity contribution is 7.89. The van der Waals surface area contributed by atoms with Crippen molar-refractivity contribution in [2.75, 3.05) is 0 Å². The largest absolute Gasteiger partial charge is 0.508 e. The second-order valence-corrected chi connectivity index (χ2v) is 10.6. The predicted molar refractivity (Wildman–Crippen MR) is 127 cm³/mol. The smallest absolute Gasteiger partial charge is 0.243 e. The number of hydrogen-bond donors (Lipinski definition) is 1. The maximum absolute atomic E-state index is 13.3. The van der Waals surface area contributed by atoms with Crippen molar-refractivity contribution in [3.63, 3.8) is 0 Å². The third kappa shape index (κ3) is 3.91. The van der Waals surface area contributed by atoms with Crippen molar-refractivity contribution in [2.24, 2.45) is 0 Å². The second-order valence-electron chi connectivity index (χ2n) is 8.80. The van der Waals surface area contributed by atoms with Crippen molar-refractivity contribution in [1.29, 1.82) is 0 Å². The van der Waals surface area contributed by atoms with Crippen molar-refractivity contribution in [1.82, 2.24) is 8.96 Å². The molecule has 2 aromatic carbocycles. The number of hydrogen-bond acceptors (Lipinski definition) is 4. The van der Waals surface area contributed by atoms with Gasteiger partial charge in [-0.25, -0.2) is 12.4 Å². The van der Waals surface area contributed by atoms with Crippen LogP contribution in [0.5, 0.6) is 5.75 Å². The molecule has 0 bridgehead atoms. The minimum absolute atomic E-state index is 0.0463. The van der Waals surface area contributed by atoms with Crippen LogP contribution in [0.1, 0.15) is 52.3 Å². The Bertz CT molecular complexity index is 1400. The molecule has 0 amide bonds. The third-order valence-corrected chi connectivity index (χ3v) is 7.85. The van der Waals surface area contributed by atoms with Gasteiger partial charge in [0.2, 0.25) is 10.0 Å². The topological polar surface area (TPSA) is 72.2 Å². The summed E-state index contributed by atoms with van der Waals surface area (Å²) < 4.78 is 28.0. The highest BCUT2D eigenvalue weighted by atomic mass is 32.2. The molecule has 0 saturated heterocycles. The Morgan fingerprint density at radius 3 is 2.38 bits per heavy atom. The average Bonchev–Trinajstić information content (AvgIpc) is 3.51. The maximum atomic E-state index is 13.3. The standard InChI is InChI=1S/C26H26N2O3S/c1-17-12-22(29)13-18(2)23(17)14-21-10-11-25-26(27-21)24(20-8-9-20)15-28(25)32(30,31)16-19-6-4-3-5-7-19/h3-7,10-13,15,20,29H,8-9,14,16H2,1-2H3. The molecule has 2 aromatic heterocycles. The molecule has 1 fully saturated rings. The van der Waals surface area contributed by atoms with Crippen LogP contribution in [-0.2, 0) is 22.2 Å². The van der Waals surface area contributed by atoms with Crippen LogP contribution in [0, 0.1) is 13.8 Å². The molecule has 4 aromatic rings. The minimum atomic E-state index is -3.57. The van der Waals surface area contributed by atoms with E-state index in [0.29, 0.717) is 17.9 Å². The fourth-order valence-corrected chi connectivity index (χ4v) is 5.92. The van der Waals surface area contributed by atoms with Gasteiger partial charge in [-0.05, 0) is 79.1 Å². The molecule has 1 aliphatic carbocycles. The van der Waals surface area contributed by atoms with Crippen LogP contribution in [-0.4, -0.2) is 22.5 Å². The maximum Gasteiger partial charge on any atom is 0.243 e. The van der Waals surface area contributed by atoms with Crippen LogP contribution in [0.25, 0.3) is 11.0 Å². The van der Waals surface area contributed by atoms with E-state index in [1.807, 2.05) is 56.3 Å². The highest BCUT2D eigenvalue weighted by Crippen LogP contribution is 2.44. The first kappa shape index (κ1) is 20.8. The minimum Gasteiger partial charge on any atom is -0.508 e. The number of phenols is 1. The summed E-state index contributed by atoms with van der Waals surface area (Å²) >= 11 is 0. The number of fused-ring (bicyclic) bond motifs is 1. The number of aromatic nitrogens is 2. The van der Waals surface area contributed by atoms with Crippen molar-refractivity contribution in [3.05, 3.63) is 94.3 Å². The zero-order chi connectivity index (χ0) is 22.5. The Kier molecular flexibility index (Phi) is 5.05. The van der Waals surface area contributed by atoms with E-state index in [2.05, 4.69) is 0 Å². The summed E-state index contributed by atoms with van der Waals surface area (Å²) in [6.07, 6.45) is 4.56. The monoisotopic (exact) mass is 446 g/mol. The summed E-state index contributed by atoms with van der Waals surface area (Å²) in [5.74, 6) is 0.601. The third-order valence-electron chi connectivity index (χ3n) is 6.25. The molecular formula is C26H26N2O3S. The number of benzene rings is 2. The first-order chi connectivity index (χ1) is 15.3. The number of aromatic hydroxyl groups is 1. The Balaban J connectivity index is 1.56. The number of nitrogens with zero attached hydrogens (tertiary/aromatic N) is 2. The van der Waals surface area contributed by atoms with E-state index in [1.165, 1.54) is 3.97 Å². The lowest BCUT2D eigenvalue weighted by atomic mass is 9.98. The van der Waals surface area contributed by atoms with Crippen LogP contribution >= 0.6 is 0 Å². The quantitative estimate of drug-likeness (QED) is 0.442. The molecule has 0 aliphatic heterocycles. The van der Waals surface area contributed by atoms with Gasteiger partial charge in [-0.1, -0.05) is 30.3 Å². The van der Waals surface area contributed by atoms with Crippen molar-refractivity contribution in [2.45, 2.75) is 44.8 Å². The first-order valence-corrected chi connectivity index (χ1v) is 12.5. The molecule has 0 spiro atoms. The molecule has 1 aliphatic rings. The van der Waals surface area contributed by atoms with E-state index in [-0.39, 0.29) is 11.5 Å².